The van der Waals surface area contributed by atoms with Gasteiger partial charge in [0.25, 0.3) is 0 Å². The number of hydrogen-bond acceptors (Lipinski definition) is 6. The second-order valence-electron chi connectivity index (χ2n) is 4.44. The summed E-state index contributed by atoms with van der Waals surface area (Å²) in [5, 5.41) is 4.32. The van der Waals surface area contributed by atoms with Crippen LogP contribution in [0.15, 0.2) is 41.6 Å². The first-order valence-corrected chi connectivity index (χ1v) is 6.71. The van der Waals surface area contributed by atoms with Crippen LogP contribution in [0.2, 0.25) is 0 Å². The van der Waals surface area contributed by atoms with Crippen molar-refractivity contribution in [2.75, 3.05) is 26.8 Å². The van der Waals surface area contributed by atoms with Gasteiger partial charge in [-0.15, -0.1) is 0 Å². The highest BCUT2D eigenvalue weighted by Crippen LogP contribution is 2.38. The molecule has 0 aliphatic heterocycles. The van der Waals surface area contributed by atoms with E-state index in [1.165, 1.54) is 0 Å². The third-order valence-corrected chi connectivity index (χ3v) is 3.09. The second kappa shape index (κ2) is 7.31. The summed E-state index contributed by atoms with van der Waals surface area (Å²) in [6.45, 7) is 1.89. The van der Waals surface area contributed by atoms with Gasteiger partial charge in [0.05, 0.1) is 27.0 Å². The Hall–Kier alpha value is -2.76. The van der Waals surface area contributed by atoms with E-state index in [0.29, 0.717) is 23.1 Å². The Morgan fingerprint density at radius 2 is 1.73 bits per heavy atom. The van der Waals surface area contributed by atoms with E-state index in [2.05, 4.69) is 15.5 Å². The SMILES string of the molecule is COc1cc(/C(C)=N\Nc2ccccn2)cc(OC)c1OC. The number of nitrogens with one attached hydrogen (secondary N) is 1. The molecular formula is C16H19N3O3. The summed E-state index contributed by atoms with van der Waals surface area (Å²) in [5.41, 5.74) is 4.54. The number of aromatic nitrogens is 1. The van der Waals surface area contributed by atoms with Crippen molar-refractivity contribution in [3.63, 3.8) is 0 Å². The van der Waals surface area contributed by atoms with Crippen LogP contribution >= 0.6 is 0 Å². The second-order valence-corrected chi connectivity index (χ2v) is 4.44. The van der Waals surface area contributed by atoms with Crippen LogP contribution in [0.4, 0.5) is 5.82 Å². The lowest BCUT2D eigenvalue weighted by molar-refractivity contribution is 0.324. The van der Waals surface area contributed by atoms with Gasteiger partial charge in [0, 0.05) is 11.8 Å². The van der Waals surface area contributed by atoms with Crippen molar-refractivity contribution in [2.45, 2.75) is 6.92 Å². The normalized spacial score (nSPS) is 11.0. The molecule has 0 saturated carbocycles. The molecule has 0 unspecified atom stereocenters. The van der Waals surface area contributed by atoms with Crippen LogP contribution in [0, 0.1) is 0 Å². The largest absolute Gasteiger partial charge is 0.493 e. The zero-order valence-electron chi connectivity index (χ0n) is 13.1. The Kier molecular flexibility index (Phi) is 5.19. The molecule has 2 aromatic rings. The molecule has 1 aromatic heterocycles. The van der Waals surface area contributed by atoms with Gasteiger partial charge < -0.3 is 14.2 Å². The van der Waals surface area contributed by atoms with E-state index in [9.17, 15) is 0 Å². The van der Waals surface area contributed by atoms with E-state index >= 15 is 0 Å². The first-order chi connectivity index (χ1) is 10.7. The molecule has 0 aliphatic rings. The molecule has 6 heteroatoms. The molecule has 1 N–H and O–H groups in total. The molecule has 1 heterocycles. The molecule has 1 aromatic carbocycles. The van der Waals surface area contributed by atoms with Crippen LogP contribution in [0.5, 0.6) is 17.2 Å². The van der Waals surface area contributed by atoms with E-state index in [-0.39, 0.29) is 0 Å². The fourth-order valence-electron chi connectivity index (χ4n) is 1.92. The predicted octanol–water partition coefficient (Wildman–Crippen LogP) is 2.94. The molecule has 0 aliphatic carbocycles. The molecule has 116 valence electrons. The maximum absolute atomic E-state index is 5.34. The van der Waals surface area contributed by atoms with E-state index < -0.39 is 0 Å². The summed E-state index contributed by atoms with van der Waals surface area (Å²) in [6, 6.07) is 9.27. The summed E-state index contributed by atoms with van der Waals surface area (Å²) in [7, 11) is 4.74. The highest BCUT2D eigenvalue weighted by Gasteiger charge is 2.14. The van der Waals surface area contributed by atoms with Gasteiger partial charge in [0.1, 0.15) is 5.82 Å². The zero-order valence-corrected chi connectivity index (χ0v) is 13.1. The summed E-state index contributed by atoms with van der Waals surface area (Å²) in [6.07, 6.45) is 1.70. The molecule has 0 spiro atoms. The Labute approximate surface area is 129 Å². The molecule has 6 nitrogen and oxygen atoms in total. The predicted molar refractivity (Wildman–Crippen MR) is 86.2 cm³/mol. The number of ether oxygens (including phenoxy) is 3. The third-order valence-electron chi connectivity index (χ3n) is 3.09. The summed E-state index contributed by atoms with van der Waals surface area (Å²) in [5.74, 6) is 2.40. The van der Waals surface area contributed by atoms with Gasteiger partial charge in [-0.05, 0) is 31.2 Å². The van der Waals surface area contributed by atoms with Crippen LogP contribution < -0.4 is 19.6 Å². The molecule has 0 radical (unpaired) electrons. The van der Waals surface area contributed by atoms with Gasteiger partial charge in [-0.25, -0.2) is 4.98 Å². The van der Waals surface area contributed by atoms with Gasteiger partial charge in [-0.1, -0.05) is 6.07 Å². The number of benzene rings is 1. The van der Waals surface area contributed by atoms with E-state index in [4.69, 9.17) is 14.2 Å². The van der Waals surface area contributed by atoms with Gasteiger partial charge in [0.2, 0.25) is 5.75 Å². The van der Waals surface area contributed by atoms with Crippen LogP contribution in [0.3, 0.4) is 0 Å². The number of methoxy groups -OCH3 is 3. The smallest absolute Gasteiger partial charge is 0.203 e. The average molecular weight is 301 g/mol. The summed E-state index contributed by atoms with van der Waals surface area (Å²) >= 11 is 0. The van der Waals surface area contributed by atoms with Crippen LogP contribution in [0.25, 0.3) is 0 Å². The minimum absolute atomic E-state index is 0.555. The topological polar surface area (TPSA) is 65.0 Å². The number of hydrogen-bond donors (Lipinski definition) is 1. The zero-order chi connectivity index (χ0) is 15.9. The molecule has 0 fully saturated rings. The van der Waals surface area contributed by atoms with Gasteiger partial charge in [-0.3, -0.25) is 5.43 Å². The molecule has 0 bridgehead atoms. The van der Waals surface area contributed by atoms with Gasteiger partial charge in [0.15, 0.2) is 11.5 Å². The monoisotopic (exact) mass is 301 g/mol. The minimum atomic E-state index is 0.555. The fourth-order valence-corrected chi connectivity index (χ4v) is 1.92. The van der Waals surface area contributed by atoms with E-state index in [1.54, 1.807) is 27.5 Å². The molecule has 22 heavy (non-hydrogen) atoms. The molecule has 0 saturated heterocycles. The number of rotatable bonds is 6. The molecule has 0 amide bonds. The van der Waals surface area contributed by atoms with Gasteiger partial charge >= 0.3 is 0 Å². The lowest BCUT2D eigenvalue weighted by atomic mass is 10.1. The molecular weight excluding hydrogens is 282 g/mol. The van der Waals surface area contributed by atoms with Crippen molar-refractivity contribution in [2.24, 2.45) is 5.10 Å². The van der Waals surface area contributed by atoms with Crippen molar-refractivity contribution in [3.05, 3.63) is 42.1 Å². The van der Waals surface area contributed by atoms with Gasteiger partial charge in [-0.2, -0.15) is 5.10 Å². The first kappa shape index (κ1) is 15.6. The number of hydrazone groups is 1. The number of nitrogens with zero attached hydrogens (tertiary/aromatic N) is 2. The highest BCUT2D eigenvalue weighted by atomic mass is 16.5. The third kappa shape index (κ3) is 3.46. The number of anilines is 1. The van der Waals surface area contributed by atoms with Crippen molar-refractivity contribution < 1.29 is 14.2 Å². The highest BCUT2D eigenvalue weighted by molar-refractivity contribution is 6.00. The van der Waals surface area contributed by atoms with Crippen molar-refractivity contribution >= 4 is 11.5 Å². The average Bonchev–Trinajstić information content (AvgIpc) is 2.59. The Morgan fingerprint density at radius 3 is 2.23 bits per heavy atom. The Morgan fingerprint density at radius 1 is 1.05 bits per heavy atom. The lowest BCUT2D eigenvalue weighted by Gasteiger charge is -2.14. The summed E-state index contributed by atoms with van der Waals surface area (Å²) < 4.78 is 16.0. The quantitative estimate of drug-likeness (QED) is 0.656. The standard InChI is InChI=1S/C16H19N3O3/c1-11(18-19-15-7-5-6-8-17-15)12-9-13(20-2)16(22-4)14(10-12)21-3/h5-10H,1-4H3,(H,17,19)/b18-11-. The number of pyridine rings is 1. The summed E-state index contributed by atoms with van der Waals surface area (Å²) in [4.78, 5) is 4.15. The van der Waals surface area contributed by atoms with Crippen molar-refractivity contribution in [1.29, 1.82) is 0 Å². The lowest BCUT2D eigenvalue weighted by Crippen LogP contribution is -2.03. The first-order valence-electron chi connectivity index (χ1n) is 6.71. The van der Waals surface area contributed by atoms with Crippen LogP contribution in [-0.4, -0.2) is 32.0 Å². The van der Waals surface area contributed by atoms with E-state index in [0.717, 1.165) is 11.3 Å². The maximum atomic E-state index is 5.34. The fraction of sp³-hybridized carbons (Fsp3) is 0.250. The maximum Gasteiger partial charge on any atom is 0.203 e. The van der Waals surface area contributed by atoms with Crippen LogP contribution in [0.1, 0.15) is 12.5 Å². The Bertz CT molecular complexity index is 632. The minimum Gasteiger partial charge on any atom is -0.493 e. The molecule has 0 atom stereocenters. The van der Waals surface area contributed by atoms with Crippen molar-refractivity contribution in [1.82, 2.24) is 4.98 Å². The Balaban J connectivity index is 2.31. The van der Waals surface area contributed by atoms with Crippen LogP contribution in [-0.2, 0) is 0 Å². The van der Waals surface area contributed by atoms with Crippen molar-refractivity contribution in [3.8, 4) is 17.2 Å². The molecule has 2 rings (SSSR count). The van der Waals surface area contributed by atoms with E-state index in [1.807, 2.05) is 37.3 Å².